The van der Waals surface area contributed by atoms with E-state index in [-0.39, 0.29) is 16.4 Å². The lowest BCUT2D eigenvalue weighted by atomic mass is 10.1. The molecule has 0 bridgehead atoms. The van der Waals surface area contributed by atoms with E-state index in [4.69, 9.17) is 21.1 Å². The molecule has 0 radical (unpaired) electrons. The third kappa shape index (κ3) is 5.46. The number of benzene rings is 2. The molecular weight excluding hydrogens is 375 g/mol. The van der Waals surface area contributed by atoms with E-state index in [1.165, 1.54) is 39.4 Å². The van der Waals surface area contributed by atoms with Crippen molar-refractivity contribution in [1.82, 2.24) is 5.32 Å². The lowest BCUT2D eigenvalue weighted by Crippen LogP contribution is -2.29. The molecule has 0 fully saturated rings. The van der Waals surface area contributed by atoms with Crippen LogP contribution in [0.1, 0.15) is 12.5 Å². The highest BCUT2D eigenvalue weighted by molar-refractivity contribution is 6.31. The number of rotatable bonds is 6. The molecule has 0 heterocycles. The van der Waals surface area contributed by atoms with Gasteiger partial charge in [0.15, 0.2) is 11.5 Å². The molecule has 0 aliphatic carbocycles. The molecule has 2 N–H and O–H groups in total. The quantitative estimate of drug-likeness (QED) is 0.736. The van der Waals surface area contributed by atoms with Crippen LogP contribution in [-0.2, 0) is 9.59 Å². The zero-order chi connectivity index (χ0) is 20.0. The zero-order valence-corrected chi connectivity index (χ0v) is 15.7. The number of methoxy groups -OCH3 is 2. The Labute approximate surface area is 160 Å². The number of halogens is 2. The molecule has 2 amide bonds. The Hall–Kier alpha value is -3.06. The number of nitrogens with one attached hydrogen (secondary N) is 2. The predicted molar refractivity (Wildman–Crippen MR) is 101 cm³/mol. The summed E-state index contributed by atoms with van der Waals surface area (Å²) in [6.45, 7) is 1.28. The van der Waals surface area contributed by atoms with E-state index in [0.717, 1.165) is 6.07 Å². The second kappa shape index (κ2) is 9.05. The van der Waals surface area contributed by atoms with Gasteiger partial charge in [-0.3, -0.25) is 9.59 Å². The monoisotopic (exact) mass is 392 g/mol. The number of amides is 2. The van der Waals surface area contributed by atoms with E-state index in [9.17, 15) is 14.0 Å². The summed E-state index contributed by atoms with van der Waals surface area (Å²) in [6.07, 6.45) is 1.48. The average molecular weight is 393 g/mol. The summed E-state index contributed by atoms with van der Waals surface area (Å²) < 4.78 is 23.7. The summed E-state index contributed by atoms with van der Waals surface area (Å²) in [7, 11) is 3.00. The first-order chi connectivity index (χ1) is 12.8. The highest BCUT2D eigenvalue weighted by Crippen LogP contribution is 2.28. The van der Waals surface area contributed by atoms with Gasteiger partial charge in [-0.25, -0.2) is 4.39 Å². The highest BCUT2D eigenvalue weighted by Gasteiger charge is 2.13. The Balaban J connectivity index is 2.33. The van der Waals surface area contributed by atoms with E-state index in [2.05, 4.69) is 10.6 Å². The third-order valence-corrected chi connectivity index (χ3v) is 3.74. The van der Waals surface area contributed by atoms with Gasteiger partial charge in [0.2, 0.25) is 5.91 Å². The van der Waals surface area contributed by atoms with Crippen LogP contribution in [0.5, 0.6) is 11.5 Å². The smallest absolute Gasteiger partial charge is 0.272 e. The van der Waals surface area contributed by atoms with Gasteiger partial charge in [-0.05, 0) is 42.0 Å². The average Bonchev–Trinajstić information content (AvgIpc) is 2.63. The summed E-state index contributed by atoms with van der Waals surface area (Å²) in [5.74, 6) is -0.616. The number of hydrogen-bond donors (Lipinski definition) is 2. The maximum atomic E-state index is 13.3. The fourth-order valence-corrected chi connectivity index (χ4v) is 2.41. The number of anilines is 1. The van der Waals surface area contributed by atoms with E-state index >= 15 is 0 Å². The van der Waals surface area contributed by atoms with Gasteiger partial charge in [-0.2, -0.15) is 0 Å². The molecule has 0 aromatic heterocycles. The van der Waals surface area contributed by atoms with Crippen LogP contribution in [0.3, 0.4) is 0 Å². The fourth-order valence-electron chi connectivity index (χ4n) is 2.23. The summed E-state index contributed by atoms with van der Waals surface area (Å²) in [6, 6.07) is 8.80. The van der Waals surface area contributed by atoms with E-state index in [0.29, 0.717) is 17.1 Å². The highest BCUT2D eigenvalue weighted by atomic mass is 35.5. The topological polar surface area (TPSA) is 76.7 Å². The normalized spacial score (nSPS) is 10.9. The summed E-state index contributed by atoms with van der Waals surface area (Å²) in [4.78, 5) is 24.0. The van der Waals surface area contributed by atoms with Crippen LogP contribution in [0.25, 0.3) is 6.08 Å². The van der Waals surface area contributed by atoms with Crippen molar-refractivity contribution in [3.8, 4) is 11.5 Å². The van der Waals surface area contributed by atoms with Gasteiger partial charge < -0.3 is 20.1 Å². The molecule has 2 rings (SSSR count). The lowest BCUT2D eigenvalue weighted by Gasteiger charge is -2.11. The SMILES string of the molecule is COc1ccc(C=C(NC(C)=O)C(=O)Nc2ccc(F)c(Cl)c2)cc1OC. The number of ether oxygens (including phenoxy) is 2. The number of carbonyl (C=O) groups excluding carboxylic acids is 2. The van der Waals surface area contributed by atoms with Gasteiger partial charge in [0.05, 0.1) is 19.2 Å². The molecular formula is C19H18ClFN2O4. The minimum atomic E-state index is -0.599. The van der Waals surface area contributed by atoms with Crippen LogP contribution in [0.15, 0.2) is 42.1 Å². The molecule has 0 spiro atoms. The second-order valence-electron chi connectivity index (χ2n) is 5.44. The molecule has 2 aromatic rings. The number of hydrogen-bond acceptors (Lipinski definition) is 4. The Morgan fingerprint density at radius 3 is 2.37 bits per heavy atom. The van der Waals surface area contributed by atoms with Gasteiger partial charge in [0.25, 0.3) is 5.91 Å². The molecule has 142 valence electrons. The predicted octanol–water partition coefficient (Wildman–Crippen LogP) is 3.61. The van der Waals surface area contributed by atoms with Gasteiger partial charge in [0, 0.05) is 12.6 Å². The first kappa shape index (κ1) is 20.3. The Morgan fingerprint density at radius 1 is 1.07 bits per heavy atom. The Kier molecular flexibility index (Phi) is 6.79. The first-order valence-electron chi connectivity index (χ1n) is 7.81. The minimum Gasteiger partial charge on any atom is -0.493 e. The van der Waals surface area contributed by atoms with Gasteiger partial charge in [-0.1, -0.05) is 17.7 Å². The summed E-state index contributed by atoms with van der Waals surface area (Å²) >= 11 is 5.72. The standard InChI is InChI=1S/C19H18ClFN2O4/c1-11(24)22-16(8-12-4-7-17(26-2)18(9-12)27-3)19(25)23-13-5-6-15(21)14(20)10-13/h4-10H,1-3H3,(H,22,24)(H,23,25). The van der Waals surface area contributed by atoms with Crippen LogP contribution < -0.4 is 20.1 Å². The summed E-state index contributed by atoms with van der Waals surface area (Å²) in [5.41, 5.74) is 0.883. The van der Waals surface area contributed by atoms with Crippen molar-refractivity contribution in [2.75, 3.05) is 19.5 Å². The maximum Gasteiger partial charge on any atom is 0.272 e. The Morgan fingerprint density at radius 2 is 1.78 bits per heavy atom. The van der Waals surface area contributed by atoms with Gasteiger partial charge in [0.1, 0.15) is 11.5 Å². The van der Waals surface area contributed by atoms with Crippen LogP contribution >= 0.6 is 11.6 Å². The molecule has 0 saturated heterocycles. The van der Waals surface area contributed by atoms with E-state index in [1.54, 1.807) is 18.2 Å². The van der Waals surface area contributed by atoms with Crippen molar-refractivity contribution >= 4 is 35.2 Å². The van der Waals surface area contributed by atoms with Crippen molar-refractivity contribution in [3.63, 3.8) is 0 Å². The lowest BCUT2D eigenvalue weighted by molar-refractivity contribution is -0.120. The van der Waals surface area contributed by atoms with Crippen molar-refractivity contribution in [2.45, 2.75) is 6.92 Å². The summed E-state index contributed by atoms with van der Waals surface area (Å²) in [5, 5.41) is 4.90. The van der Waals surface area contributed by atoms with Gasteiger partial charge in [-0.15, -0.1) is 0 Å². The van der Waals surface area contributed by atoms with Crippen LogP contribution in [0.2, 0.25) is 5.02 Å². The molecule has 6 nitrogen and oxygen atoms in total. The fraction of sp³-hybridized carbons (Fsp3) is 0.158. The second-order valence-corrected chi connectivity index (χ2v) is 5.84. The van der Waals surface area contributed by atoms with Crippen molar-refractivity contribution in [3.05, 3.63) is 58.5 Å². The molecule has 0 aliphatic rings. The van der Waals surface area contributed by atoms with Crippen LogP contribution in [0.4, 0.5) is 10.1 Å². The Bertz CT molecular complexity index is 899. The molecule has 0 unspecified atom stereocenters. The first-order valence-corrected chi connectivity index (χ1v) is 8.19. The van der Waals surface area contributed by atoms with E-state index < -0.39 is 17.6 Å². The maximum absolute atomic E-state index is 13.3. The van der Waals surface area contributed by atoms with Crippen molar-refractivity contribution < 1.29 is 23.5 Å². The molecule has 0 atom stereocenters. The van der Waals surface area contributed by atoms with Crippen molar-refractivity contribution in [1.29, 1.82) is 0 Å². The van der Waals surface area contributed by atoms with Gasteiger partial charge >= 0.3 is 0 Å². The molecule has 2 aromatic carbocycles. The molecule has 0 aliphatic heterocycles. The minimum absolute atomic E-state index is 0.00447. The molecule has 8 heteroatoms. The van der Waals surface area contributed by atoms with E-state index in [1.807, 2.05) is 0 Å². The third-order valence-electron chi connectivity index (χ3n) is 3.45. The molecule has 27 heavy (non-hydrogen) atoms. The molecule has 0 saturated carbocycles. The zero-order valence-electron chi connectivity index (χ0n) is 14.9. The largest absolute Gasteiger partial charge is 0.493 e. The van der Waals surface area contributed by atoms with Crippen LogP contribution in [0, 0.1) is 5.82 Å². The van der Waals surface area contributed by atoms with Crippen LogP contribution in [-0.4, -0.2) is 26.0 Å². The van der Waals surface area contributed by atoms with Crippen molar-refractivity contribution in [2.24, 2.45) is 0 Å². The number of carbonyl (C=O) groups is 2.